The number of hydrogen-bond acceptors (Lipinski definition) is 3. The van der Waals surface area contributed by atoms with Crippen molar-refractivity contribution in [2.24, 2.45) is 4.99 Å². The van der Waals surface area contributed by atoms with Crippen molar-refractivity contribution in [3.63, 3.8) is 0 Å². The smallest absolute Gasteiger partial charge is 0.191 e. The summed E-state index contributed by atoms with van der Waals surface area (Å²) in [6.07, 6.45) is 2.11. The molecule has 0 aliphatic heterocycles. The molecular weight excluding hydrogens is 326 g/mol. The summed E-state index contributed by atoms with van der Waals surface area (Å²) in [5.41, 5.74) is 2.47. The number of nitrogens with one attached hydrogen (secondary N) is 2. The van der Waals surface area contributed by atoms with Gasteiger partial charge in [-0.15, -0.1) is 0 Å². The summed E-state index contributed by atoms with van der Waals surface area (Å²) in [6.45, 7) is 4.12. The molecule has 0 unspecified atom stereocenters. The van der Waals surface area contributed by atoms with Crippen molar-refractivity contribution in [3.8, 4) is 11.5 Å². The highest BCUT2D eigenvalue weighted by Gasteiger charge is 2.06. The predicted octanol–water partition coefficient (Wildman–Crippen LogP) is 3.39. The number of hydrogen-bond donors (Lipinski definition) is 2. The molecule has 26 heavy (non-hydrogen) atoms. The Morgan fingerprint density at radius 3 is 2.50 bits per heavy atom. The summed E-state index contributed by atoms with van der Waals surface area (Å²) in [7, 11) is 3.44. The number of aliphatic imine (C=N–C) groups is 1. The lowest BCUT2D eigenvalue weighted by Gasteiger charge is -2.14. The van der Waals surface area contributed by atoms with E-state index in [2.05, 4.69) is 39.9 Å². The maximum Gasteiger partial charge on any atom is 0.191 e. The van der Waals surface area contributed by atoms with E-state index in [0.717, 1.165) is 42.4 Å². The largest absolute Gasteiger partial charge is 0.493 e. The van der Waals surface area contributed by atoms with Gasteiger partial charge in [-0.1, -0.05) is 36.4 Å². The van der Waals surface area contributed by atoms with Crippen LogP contribution in [0, 0.1) is 0 Å². The van der Waals surface area contributed by atoms with Gasteiger partial charge >= 0.3 is 0 Å². The van der Waals surface area contributed by atoms with Crippen LogP contribution >= 0.6 is 0 Å². The van der Waals surface area contributed by atoms with Gasteiger partial charge in [0.15, 0.2) is 17.5 Å². The number of methoxy groups -OCH3 is 1. The van der Waals surface area contributed by atoms with Gasteiger partial charge in [-0.3, -0.25) is 4.99 Å². The maximum atomic E-state index is 5.55. The molecule has 0 aromatic heterocycles. The Balaban J connectivity index is 1.77. The monoisotopic (exact) mass is 355 g/mol. The highest BCUT2D eigenvalue weighted by molar-refractivity contribution is 5.79. The molecule has 5 heteroatoms. The van der Waals surface area contributed by atoms with Crippen molar-refractivity contribution in [1.82, 2.24) is 10.6 Å². The first-order chi connectivity index (χ1) is 12.8. The maximum absolute atomic E-state index is 5.55. The van der Waals surface area contributed by atoms with E-state index < -0.39 is 0 Å². The van der Waals surface area contributed by atoms with Crippen LogP contribution in [0.4, 0.5) is 0 Å². The van der Waals surface area contributed by atoms with E-state index in [1.54, 1.807) is 14.2 Å². The highest BCUT2D eigenvalue weighted by Crippen LogP contribution is 2.27. The minimum Gasteiger partial charge on any atom is -0.493 e. The van der Waals surface area contributed by atoms with E-state index in [1.165, 1.54) is 5.56 Å². The summed E-state index contributed by atoms with van der Waals surface area (Å²) in [6, 6.07) is 16.5. The topological polar surface area (TPSA) is 54.9 Å². The summed E-state index contributed by atoms with van der Waals surface area (Å²) in [5, 5.41) is 6.68. The number of benzene rings is 2. The van der Waals surface area contributed by atoms with Crippen molar-refractivity contribution in [2.45, 2.75) is 26.3 Å². The van der Waals surface area contributed by atoms with Crippen LogP contribution in [0.1, 0.15) is 24.5 Å². The van der Waals surface area contributed by atoms with E-state index >= 15 is 0 Å². The van der Waals surface area contributed by atoms with Crippen molar-refractivity contribution in [3.05, 3.63) is 59.7 Å². The number of aryl methyl sites for hydroxylation is 1. The highest BCUT2D eigenvalue weighted by atomic mass is 16.5. The van der Waals surface area contributed by atoms with Crippen LogP contribution < -0.4 is 20.1 Å². The first-order valence-corrected chi connectivity index (χ1v) is 9.05. The minimum absolute atomic E-state index is 0.619. The van der Waals surface area contributed by atoms with Crippen molar-refractivity contribution < 1.29 is 9.47 Å². The van der Waals surface area contributed by atoms with Crippen LogP contribution in [0.2, 0.25) is 0 Å². The van der Waals surface area contributed by atoms with Gasteiger partial charge < -0.3 is 20.1 Å². The fraction of sp³-hybridized carbons (Fsp3) is 0.381. The van der Waals surface area contributed by atoms with E-state index in [0.29, 0.717) is 13.2 Å². The second-order valence-electron chi connectivity index (χ2n) is 5.86. The zero-order valence-corrected chi connectivity index (χ0v) is 15.9. The molecule has 0 saturated carbocycles. The van der Waals surface area contributed by atoms with Crippen molar-refractivity contribution in [2.75, 3.05) is 27.3 Å². The molecule has 0 fully saturated rings. The predicted molar refractivity (Wildman–Crippen MR) is 107 cm³/mol. The Hall–Kier alpha value is -2.69. The zero-order chi connectivity index (χ0) is 18.6. The Labute approximate surface area is 156 Å². The standard InChI is InChI=1S/C21H29N3O2/c1-4-26-19-13-12-18(15-20(19)25-3)16-24-21(22-2)23-14-8-11-17-9-6-5-7-10-17/h5-7,9-10,12-13,15H,4,8,11,14,16H2,1-3H3,(H2,22,23,24). The molecule has 0 saturated heterocycles. The van der Waals surface area contributed by atoms with Crippen LogP contribution in [-0.2, 0) is 13.0 Å². The summed E-state index contributed by atoms with van der Waals surface area (Å²) in [5.74, 6) is 2.31. The molecule has 140 valence electrons. The number of guanidine groups is 1. The lowest BCUT2D eigenvalue weighted by atomic mass is 10.1. The first-order valence-electron chi connectivity index (χ1n) is 9.05. The van der Waals surface area contributed by atoms with Gasteiger partial charge in [0.2, 0.25) is 0 Å². The van der Waals surface area contributed by atoms with Crippen LogP contribution in [0.15, 0.2) is 53.5 Å². The molecule has 0 amide bonds. The van der Waals surface area contributed by atoms with Crippen LogP contribution in [0.25, 0.3) is 0 Å². The quantitative estimate of drug-likeness (QED) is 0.411. The van der Waals surface area contributed by atoms with E-state index in [9.17, 15) is 0 Å². The molecule has 0 radical (unpaired) electrons. The second-order valence-corrected chi connectivity index (χ2v) is 5.86. The van der Waals surface area contributed by atoms with Crippen LogP contribution in [-0.4, -0.2) is 33.3 Å². The lowest BCUT2D eigenvalue weighted by molar-refractivity contribution is 0.310. The molecule has 0 aliphatic rings. The van der Waals surface area contributed by atoms with Crippen LogP contribution in [0.5, 0.6) is 11.5 Å². The number of ether oxygens (including phenoxy) is 2. The Kier molecular flexibility index (Phi) is 8.33. The normalized spacial score (nSPS) is 11.1. The Morgan fingerprint density at radius 1 is 1.00 bits per heavy atom. The first kappa shape index (κ1) is 19.6. The summed E-state index contributed by atoms with van der Waals surface area (Å²) < 4.78 is 10.9. The average molecular weight is 355 g/mol. The molecule has 0 atom stereocenters. The van der Waals surface area contributed by atoms with Gasteiger partial charge in [0.25, 0.3) is 0 Å². The molecule has 2 rings (SSSR count). The molecule has 0 heterocycles. The Morgan fingerprint density at radius 2 is 1.81 bits per heavy atom. The molecular formula is C21H29N3O2. The second kappa shape index (κ2) is 11.0. The van der Waals surface area contributed by atoms with Crippen LogP contribution in [0.3, 0.4) is 0 Å². The third-order valence-corrected chi connectivity index (χ3v) is 3.99. The lowest BCUT2D eigenvalue weighted by Crippen LogP contribution is -2.37. The van der Waals surface area contributed by atoms with Gasteiger partial charge in [-0.2, -0.15) is 0 Å². The van der Waals surface area contributed by atoms with Gasteiger partial charge in [-0.25, -0.2) is 0 Å². The third kappa shape index (κ3) is 6.31. The van der Waals surface area contributed by atoms with Gasteiger partial charge in [0, 0.05) is 20.1 Å². The third-order valence-electron chi connectivity index (χ3n) is 3.99. The van der Waals surface area contributed by atoms with E-state index in [-0.39, 0.29) is 0 Å². The molecule has 0 aliphatic carbocycles. The molecule has 0 spiro atoms. The fourth-order valence-corrected chi connectivity index (χ4v) is 2.65. The Bertz CT molecular complexity index is 687. The average Bonchev–Trinajstić information content (AvgIpc) is 2.69. The van der Waals surface area contributed by atoms with Gasteiger partial charge in [0.05, 0.1) is 13.7 Å². The van der Waals surface area contributed by atoms with Crippen molar-refractivity contribution in [1.29, 1.82) is 0 Å². The molecule has 0 bridgehead atoms. The van der Waals surface area contributed by atoms with Crippen molar-refractivity contribution >= 4 is 5.96 Å². The summed E-state index contributed by atoms with van der Waals surface area (Å²) >= 11 is 0. The number of rotatable bonds is 9. The fourth-order valence-electron chi connectivity index (χ4n) is 2.65. The minimum atomic E-state index is 0.619. The zero-order valence-electron chi connectivity index (χ0n) is 15.9. The molecule has 5 nitrogen and oxygen atoms in total. The van der Waals surface area contributed by atoms with E-state index in [4.69, 9.17) is 9.47 Å². The van der Waals surface area contributed by atoms with Gasteiger partial charge in [0.1, 0.15) is 0 Å². The molecule has 2 aromatic rings. The SMILES string of the molecule is CCOc1ccc(CNC(=NC)NCCCc2ccccc2)cc1OC. The molecule has 2 aromatic carbocycles. The number of nitrogens with zero attached hydrogens (tertiary/aromatic N) is 1. The van der Waals surface area contributed by atoms with E-state index in [1.807, 2.05) is 31.2 Å². The van der Waals surface area contributed by atoms with Gasteiger partial charge in [-0.05, 0) is 43.0 Å². The molecule has 2 N–H and O–H groups in total. The summed E-state index contributed by atoms with van der Waals surface area (Å²) in [4.78, 5) is 4.28.